The van der Waals surface area contributed by atoms with Crippen LogP contribution in [0.15, 0.2) is 346 Å². The molecule has 0 aliphatic heterocycles. The lowest BCUT2D eigenvalue weighted by Crippen LogP contribution is -2.00. The number of para-hydroxylation sites is 1. The minimum atomic E-state index is 0.642. The maximum absolute atomic E-state index is 5.03. The number of fused-ring (bicyclic) bond motifs is 2. The van der Waals surface area contributed by atoms with E-state index >= 15 is 0 Å². The monoisotopic (exact) mass is 1180 g/mol. The van der Waals surface area contributed by atoms with Gasteiger partial charge in [0.2, 0.25) is 0 Å². The van der Waals surface area contributed by atoms with Gasteiger partial charge in [0.05, 0.1) is 11.2 Å². The molecule has 0 unspecified atom stereocenters. The van der Waals surface area contributed by atoms with Crippen LogP contribution in [0.1, 0.15) is 0 Å². The van der Waals surface area contributed by atoms with Gasteiger partial charge in [-0.3, -0.25) is 0 Å². The summed E-state index contributed by atoms with van der Waals surface area (Å²) in [7, 11) is 0. The molecule has 13 aromatic carbocycles. The molecular formula is C85H57N7. The molecule has 0 N–H and O–H groups in total. The highest BCUT2D eigenvalue weighted by molar-refractivity contribution is 6.05. The molecule has 0 radical (unpaired) electrons. The fraction of sp³-hybridized carbons (Fsp3) is 0. The molecule has 0 saturated carbocycles. The van der Waals surface area contributed by atoms with Crippen LogP contribution in [-0.4, -0.2) is 34.9 Å². The van der Waals surface area contributed by atoms with Crippen LogP contribution in [0, 0.1) is 0 Å². The standard InChI is InChI=1S/C46H30N4.C39H27N3/c1-3-12-35(13-4-1)44-48-45(36-14-5-2-6-15-36)50-46(49-44)37-25-21-32(22-26-37)39-29-28-38(40-16-8-9-17-41(39)40)31-19-23-34(24-20-31)43-30-27-33-11-7-10-18-42(33)47-43;1-4-13-28(14-5-1)31-19-10-22-34(25-31)37-40-38(35-23-11-20-32(26-35)29-15-6-2-7-16-29)42-39(41-37)36-24-12-21-33(27-36)30-17-8-3-9-18-30/h1-30H;1-27H. The van der Waals surface area contributed by atoms with Crippen LogP contribution in [0.3, 0.4) is 0 Å². The van der Waals surface area contributed by atoms with E-state index < -0.39 is 0 Å². The van der Waals surface area contributed by atoms with E-state index in [0.29, 0.717) is 34.9 Å². The Balaban J connectivity index is 0.000000155. The molecule has 16 rings (SSSR count). The maximum atomic E-state index is 5.03. The van der Waals surface area contributed by atoms with Crippen LogP contribution >= 0.6 is 0 Å². The molecule has 0 aliphatic rings. The van der Waals surface area contributed by atoms with Gasteiger partial charge in [0.1, 0.15) is 0 Å². The average Bonchev–Trinajstić information content (AvgIpc) is 1.08. The van der Waals surface area contributed by atoms with Gasteiger partial charge in [0.15, 0.2) is 34.9 Å². The van der Waals surface area contributed by atoms with Crippen molar-refractivity contribution in [3.63, 3.8) is 0 Å². The van der Waals surface area contributed by atoms with E-state index in [0.717, 1.165) is 94.5 Å². The summed E-state index contributed by atoms with van der Waals surface area (Å²) in [4.78, 5) is 34.6. The lowest BCUT2D eigenvalue weighted by molar-refractivity contribution is 1.07. The van der Waals surface area contributed by atoms with Crippen LogP contribution in [0.4, 0.5) is 0 Å². The van der Waals surface area contributed by atoms with E-state index in [4.69, 9.17) is 34.9 Å². The minimum Gasteiger partial charge on any atom is -0.248 e. The highest BCUT2D eigenvalue weighted by Crippen LogP contribution is 2.38. The number of aromatic nitrogens is 7. The fourth-order valence-electron chi connectivity index (χ4n) is 11.8. The summed E-state index contributed by atoms with van der Waals surface area (Å²) in [6.07, 6.45) is 0. The molecule has 7 heteroatoms. The van der Waals surface area contributed by atoms with Crippen molar-refractivity contribution in [2.45, 2.75) is 0 Å². The van der Waals surface area contributed by atoms with Gasteiger partial charge in [-0.25, -0.2) is 34.9 Å². The third-order valence-corrected chi connectivity index (χ3v) is 16.5. The largest absolute Gasteiger partial charge is 0.248 e. The van der Waals surface area contributed by atoms with Crippen LogP contribution in [0.5, 0.6) is 0 Å². The van der Waals surface area contributed by atoms with E-state index in [2.05, 4.69) is 255 Å². The quantitative estimate of drug-likeness (QED) is 0.120. The van der Waals surface area contributed by atoms with Crippen molar-refractivity contribution in [1.82, 2.24) is 34.9 Å². The van der Waals surface area contributed by atoms with Crippen molar-refractivity contribution in [3.8, 4) is 135 Å². The Morgan fingerprint density at radius 1 is 0.152 bits per heavy atom. The molecule has 3 aromatic heterocycles. The van der Waals surface area contributed by atoms with Gasteiger partial charge < -0.3 is 0 Å². The summed E-state index contributed by atoms with van der Waals surface area (Å²) >= 11 is 0. The highest BCUT2D eigenvalue weighted by Gasteiger charge is 2.17. The molecule has 0 fully saturated rings. The normalized spacial score (nSPS) is 11.0. The van der Waals surface area contributed by atoms with E-state index in [1.165, 1.54) is 27.5 Å². The lowest BCUT2D eigenvalue weighted by Gasteiger charge is -2.13. The average molecular weight is 1180 g/mol. The van der Waals surface area contributed by atoms with Crippen molar-refractivity contribution < 1.29 is 0 Å². The Morgan fingerprint density at radius 2 is 0.435 bits per heavy atom. The number of hydrogen-bond acceptors (Lipinski definition) is 7. The number of nitrogens with zero attached hydrogens (tertiary/aromatic N) is 7. The second-order valence-corrected chi connectivity index (χ2v) is 22.4. The summed E-state index contributed by atoms with van der Waals surface area (Å²) < 4.78 is 0. The maximum Gasteiger partial charge on any atom is 0.164 e. The van der Waals surface area contributed by atoms with Gasteiger partial charge in [-0.2, -0.15) is 0 Å². The molecule has 0 aliphatic carbocycles. The molecule has 3 heterocycles. The van der Waals surface area contributed by atoms with Gasteiger partial charge in [-0.15, -0.1) is 0 Å². The molecule has 92 heavy (non-hydrogen) atoms. The Morgan fingerprint density at radius 3 is 0.826 bits per heavy atom. The Labute approximate surface area is 534 Å². The van der Waals surface area contributed by atoms with Crippen molar-refractivity contribution in [2.75, 3.05) is 0 Å². The Hall–Kier alpha value is -12.5. The van der Waals surface area contributed by atoms with Gasteiger partial charge in [0, 0.05) is 44.3 Å². The second-order valence-electron chi connectivity index (χ2n) is 22.4. The number of pyridine rings is 1. The van der Waals surface area contributed by atoms with Crippen LogP contribution in [0.25, 0.3) is 157 Å². The van der Waals surface area contributed by atoms with Gasteiger partial charge in [-0.1, -0.05) is 315 Å². The first-order valence-corrected chi connectivity index (χ1v) is 30.8. The van der Waals surface area contributed by atoms with Crippen molar-refractivity contribution in [3.05, 3.63) is 346 Å². The topological polar surface area (TPSA) is 90.2 Å². The Bertz CT molecular complexity index is 4940. The lowest BCUT2D eigenvalue weighted by atomic mass is 9.91. The van der Waals surface area contributed by atoms with Gasteiger partial charge in [0.25, 0.3) is 0 Å². The van der Waals surface area contributed by atoms with Gasteiger partial charge >= 0.3 is 0 Å². The summed E-state index contributed by atoms with van der Waals surface area (Å²) in [6.45, 7) is 0. The van der Waals surface area contributed by atoms with E-state index in [9.17, 15) is 0 Å². The third-order valence-electron chi connectivity index (χ3n) is 16.5. The van der Waals surface area contributed by atoms with E-state index in [1.807, 2.05) is 91.0 Å². The van der Waals surface area contributed by atoms with Crippen LogP contribution < -0.4 is 0 Å². The summed E-state index contributed by atoms with van der Waals surface area (Å²) in [5, 5.41) is 3.56. The minimum absolute atomic E-state index is 0.642. The first kappa shape index (κ1) is 56.1. The van der Waals surface area contributed by atoms with Crippen molar-refractivity contribution in [1.29, 1.82) is 0 Å². The molecule has 0 saturated heterocycles. The third kappa shape index (κ3) is 12.1. The second kappa shape index (κ2) is 25.7. The summed E-state index contributed by atoms with van der Waals surface area (Å²) in [5.74, 6) is 3.88. The predicted octanol–water partition coefficient (Wildman–Crippen LogP) is 21.4. The van der Waals surface area contributed by atoms with Gasteiger partial charge in [-0.05, 0) is 96.7 Å². The zero-order valence-corrected chi connectivity index (χ0v) is 50.0. The predicted molar refractivity (Wildman–Crippen MR) is 378 cm³/mol. The molecule has 16 aromatic rings. The summed E-state index contributed by atoms with van der Waals surface area (Å²) in [5.41, 5.74) is 20.3. The van der Waals surface area contributed by atoms with Crippen LogP contribution in [-0.2, 0) is 0 Å². The van der Waals surface area contributed by atoms with Crippen molar-refractivity contribution in [2.24, 2.45) is 0 Å². The molecular weight excluding hydrogens is 1120 g/mol. The summed E-state index contributed by atoms with van der Waals surface area (Å²) in [6, 6.07) is 119. The number of rotatable bonds is 12. The smallest absolute Gasteiger partial charge is 0.164 e. The first-order chi connectivity index (χ1) is 45.6. The molecule has 0 bridgehead atoms. The number of hydrogen-bond donors (Lipinski definition) is 0. The zero-order chi connectivity index (χ0) is 61.4. The van der Waals surface area contributed by atoms with Crippen molar-refractivity contribution >= 4 is 21.7 Å². The first-order valence-electron chi connectivity index (χ1n) is 30.8. The molecule has 432 valence electrons. The Kier molecular flexibility index (Phi) is 15.7. The molecule has 0 spiro atoms. The zero-order valence-electron chi connectivity index (χ0n) is 50.0. The SMILES string of the molecule is c1ccc(-c2cccc(-c3nc(-c4cccc(-c5ccccc5)c4)nc(-c4cccc(-c5ccccc5)c4)n3)c2)cc1.c1ccc(-c2nc(-c3ccccc3)nc(-c3ccc(-c4ccc(-c5ccc(-c6ccc7ccccc7n6)cc5)c5ccccc45)cc3)n2)cc1. The molecule has 0 amide bonds. The number of benzene rings is 13. The van der Waals surface area contributed by atoms with Crippen LogP contribution in [0.2, 0.25) is 0 Å². The van der Waals surface area contributed by atoms with E-state index in [-0.39, 0.29) is 0 Å². The van der Waals surface area contributed by atoms with E-state index in [1.54, 1.807) is 0 Å². The molecule has 7 nitrogen and oxygen atoms in total. The fourth-order valence-corrected chi connectivity index (χ4v) is 11.8. The highest BCUT2D eigenvalue weighted by atomic mass is 15.0. The molecule has 0 atom stereocenters.